The maximum atomic E-state index is 9.90. The zero-order valence-electron chi connectivity index (χ0n) is 13.7. The first-order valence-corrected chi connectivity index (χ1v) is 9.27. The lowest BCUT2D eigenvalue weighted by Gasteiger charge is -2.42. The average Bonchev–Trinajstić information content (AvgIpc) is 3.31. The Balaban J connectivity index is 1.52. The van der Waals surface area contributed by atoms with E-state index < -0.39 is 0 Å². The molecule has 3 aliphatic rings. The van der Waals surface area contributed by atoms with Gasteiger partial charge in [0.1, 0.15) is 0 Å². The first-order chi connectivity index (χ1) is 10.2. The first kappa shape index (κ1) is 15.8. The quantitative estimate of drug-likeness (QED) is 0.789. The molecule has 0 saturated heterocycles. The van der Waals surface area contributed by atoms with Crippen LogP contribution < -0.4 is 5.32 Å². The van der Waals surface area contributed by atoms with Gasteiger partial charge in [-0.15, -0.1) is 0 Å². The molecule has 0 aromatic carbocycles. The predicted octanol–water partition coefficient (Wildman–Crippen LogP) is 3.40. The third-order valence-electron chi connectivity index (χ3n) is 5.89. The highest BCUT2D eigenvalue weighted by molar-refractivity contribution is 4.99. The molecule has 122 valence electrons. The standard InChI is InChI=1S/C18H33NO2/c1-2-14-5-3-6-16(11-14)21-17-7-4-10-18(12-17,13-20)19-15-8-9-15/h14-17,19-20H,2-13H2,1H3. The van der Waals surface area contributed by atoms with Crippen LogP contribution in [0.25, 0.3) is 0 Å². The van der Waals surface area contributed by atoms with E-state index in [1.165, 1.54) is 57.8 Å². The van der Waals surface area contributed by atoms with Crippen molar-refractivity contribution in [3.63, 3.8) is 0 Å². The van der Waals surface area contributed by atoms with Crippen molar-refractivity contribution < 1.29 is 9.84 Å². The fraction of sp³-hybridized carbons (Fsp3) is 1.00. The predicted molar refractivity (Wildman–Crippen MR) is 85.4 cm³/mol. The lowest BCUT2D eigenvalue weighted by atomic mass is 9.80. The highest BCUT2D eigenvalue weighted by Gasteiger charge is 2.40. The van der Waals surface area contributed by atoms with Crippen molar-refractivity contribution in [3.05, 3.63) is 0 Å². The molecule has 3 aliphatic carbocycles. The molecule has 0 amide bonds. The number of hydrogen-bond acceptors (Lipinski definition) is 3. The van der Waals surface area contributed by atoms with Crippen LogP contribution in [0.15, 0.2) is 0 Å². The van der Waals surface area contributed by atoms with Gasteiger partial charge in [-0.25, -0.2) is 0 Å². The van der Waals surface area contributed by atoms with Gasteiger partial charge in [-0.3, -0.25) is 0 Å². The molecule has 0 heterocycles. The minimum Gasteiger partial charge on any atom is -0.394 e. The summed E-state index contributed by atoms with van der Waals surface area (Å²) in [5, 5.41) is 13.6. The summed E-state index contributed by atoms with van der Waals surface area (Å²) in [6, 6.07) is 0.662. The molecule has 2 N–H and O–H groups in total. The number of ether oxygens (including phenoxy) is 1. The minimum atomic E-state index is -0.0527. The SMILES string of the molecule is CCC1CCCC(OC2CCCC(CO)(NC3CC3)C2)C1. The summed E-state index contributed by atoms with van der Waals surface area (Å²) in [7, 11) is 0. The van der Waals surface area contributed by atoms with E-state index in [0.717, 1.165) is 18.8 Å². The Morgan fingerprint density at radius 2 is 1.90 bits per heavy atom. The summed E-state index contributed by atoms with van der Waals surface area (Å²) in [5.74, 6) is 0.875. The monoisotopic (exact) mass is 295 g/mol. The summed E-state index contributed by atoms with van der Waals surface area (Å²) in [5.41, 5.74) is -0.0527. The van der Waals surface area contributed by atoms with Gasteiger partial charge in [0.05, 0.1) is 18.8 Å². The van der Waals surface area contributed by atoms with Crippen LogP contribution >= 0.6 is 0 Å². The Morgan fingerprint density at radius 1 is 1.10 bits per heavy atom. The van der Waals surface area contributed by atoms with Gasteiger partial charge in [-0.05, 0) is 57.3 Å². The van der Waals surface area contributed by atoms with E-state index >= 15 is 0 Å². The molecule has 0 aromatic rings. The molecule has 3 heteroatoms. The molecular formula is C18H33NO2. The van der Waals surface area contributed by atoms with Crippen LogP contribution in [0.3, 0.4) is 0 Å². The van der Waals surface area contributed by atoms with E-state index in [1.807, 2.05) is 0 Å². The highest BCUT2D eigenvalue weighted by atomic mass is 16.5. The van der Waals surface area contributed by atoms with Gasteiger partial charge in [-0.1, -0.05) is 26.2 Å². The minimum absolute atomic E-state index is 0.0527. The molecule has 4 atom stereocenters. The first-order valence-electron chi connectivity index (χ1n) is 9.27. The van der Waals surface area contributed by atoms with E-state index in [-0.39, 0.29) is 12.1 Å². The molecule has 3 fully saturated rings. The zero-order valence-corrected chi connectivity index (χ0v) is 13.7. The maximum absolute atomic E-state index is 9.90. The van der Waals surface area contributed by atoms with Crippen molar-refractivity contribution >= 4 is 0 Å². The number of aliphatic hydroxyl groups is 1. The summed E-state index contributed by atoms with van der Waals surface area (Å²) >= 11 is 0. The second-order valence-electron chi connectivity index (χ2n) is 7.77. The van der Waals surface area contributed by atoms with Crippen molar-refractivity contribution in [3.8, 4) is 0 Å². The van der Waals surface area contributed by atoms with Crippen LogP contribution in [0, 0.1) is 5.92 Å². The van der Waals surface area contributed by atoms with E-state index in [4.69, 9.17) is 4.74 Å². The molecule has 0 aromatic heterocycles. The molecule has 0 radical (unpaired) electrons. The molecule has 0 spiro atoms. The van der Waals surface area contributed by atoms with E-state index in [0.29, 0.717) is 18.2 Å². The molecule has 0 aliphatic heterocycles. The highest BCUT2D eigenvalue weighted by Crippen LogP contribution is 2.36. The van der Waals surface area contributed by atoms with Gasteiger partial charge in [0.25, 0.3) is 0 Å². The topological polar surface area (TPSA) is 41.5 Å². The maximum Gasteiger partial charge on any atom is 0.0614 e. The van der Waals surface area contributed by atoms with Crippen LogP contribution in [-0.4, -0.2) is 35.5 Å². The number of rotatable bonds is 6. The van der Waals surface area contributed by atoms with Crippen molar-refractivity contribution in [1.29, 1.82) is 0 Å². The number of nitrogens with one attached hydrogen (secondary N) is 1. The third kappa shape index (κ3) is 4.20. The van der Waals surface area contributed by atoms with Crippen LogP contribution in [0.4, 0.5) is 0 Å². The molecule has 4 unspecified atom stereocenters. The average molecular weight is 295 g/mol. The van der Waals surface area contributed by atoms with Crippen molar-refractivity contribution in [2.45, 2.75) is 101 Å². The Kier molecular flexibility index (Phi) is 5.23. The number of hydrogen-bond donors (Lipinski definition) is 2. The third-order valence-corrected chi connectivity index (χ3v) is 5.89. The van der Waals surface area contributed by atoms with Gasteiger partial charge in [0.15, 0.2) is 0 Å². The van der Waals surface area contributed by atoms with Crippen LogP contribution in [0.1, 0.15) is 77.6 Å². The molecule has 3 saturated carbocycles. The second kappa shape index (κ2) is 6.97. The van der Waals surface area contributed by atoms with Crippen LogP contribution in [0.5, 0.6) is 0 Å². The van der Waals surface area contributed by atoms with Crippen molar-refractivity contribution in [2.24, 2.45) is 5.92 Å². The fourth-order valence-corrected chi connectivity index (χ4v) is 4.41. The van der Waals surface area contributed by atoms with Gasteiger partial charge >= 0.3 is 0 Å². The Morgan fingerprint density at radius 3 is 2.62 bits per heavy atom. The van der Waals surface area contributed by atoms with Crippen molar-refractivity contribution in [2.75, 3.05) is 6.61 Å². The van der Waals surface area contributed by atoms with Crippen LogP contribution in [0.2, 0.25) is 0 Å². The van der Waals surface area contributed by atoms with E-state index in [2.05, 4.69) is 12.2 Å². The Hall–Kier alpha value is -0.120. The lowest BCUT2D eigenvalue weighted by molar-refractivity contribution is -0.0762. The van der Waals surface area contributed by atoms with E-state index in [1.54, 1.807) is 0 Å². The normalized spacial score (nSPS) is 41.1. The fourth-order valence-electron chi connectivity index (χ4n) is 4.41. The number of aliphatic hydroxyl groups excluding tert-OH is 1. The summed E-state index contributed by atoms with van der Waals surface area (Å²) < 4.78 is 6.47. The molecule has 21 heavy (non-hydrogen) atoms. The van der Waals surface area contributed by atoms with Gasteiger partial charge < -0.3 is 15.2 Å². The molecule has 0 bridgehead atoms. The largest absolute Gasteiger partial charge is 0.394 e. The summed E-state index contributed by atoms with van der Waals surface area (Å²) in [4.78, 5) is 0. The Labute approximate surface area is 129 Å². The molecule has 3 rings (SSSR count). The van der Waals surface area contributed by atoms with Gasteiger partial charge in [0.2, 0.25) is 0 Å². The zero-order chi connectivity index (χ0) is 14.7. The van der Waals surface area contributed by atoms with Gasteiger partial charge in [-0.2, -0.15) is 0 Å². The second-order valence-corrected chi connectivity index (χ2v) is 7.77. The Bertz CT molecular complexity index is 331. The van der Waals surface area contributed by atoms with E-state index in [9.17, 15) is 5.11 Å². The van der Waals surface area contributed by atoms with Gasteiger partial charge in [0, 0.05) is 11.6 Å². The molecular weight excluding hydrogens is 262 g/mol. The lowest BCUT2D eigenvalue weighted by Crippen LogP contribution is -2.54. The van der Waals surface area contributed by atoms with Crippen LogP contribution in [-0.2, 0) is 4.74 Å². The van der Waals surface area contributed by atoms with Crippen molar-refractivity contribution in [1.82, 2.24) is 5.32 Å². The summed E-state index contributed by atoms with van der Waals surface area (Å²) in [6.07, 6.45) is 14.4. The molecule has 3 nitrogen and oxygen atoms in total. The summed E-state index contributed by atoms with van der Waals surface area (Å²) in [6.45, 7) is 2.58. The smallest absolute Gasteiger partial charge is 0.0614 e.